The standard InChI is InChI=1S/C46H75NO18/c1-9-10-11-12-13-14-15-16-17-18-19-20-21-22-23-24-25-26-38(55)47-45-43(61-34(7)53)41(59-32(5)51)40(36(63-45)27-56-29(2)48)65-46-44(62-35(8)54)42(60-33(6)52)39(58-31(4)50)37(64-46)28-57-30(3)49/h36-37,39-46H,9-28H2,1-8H3,(H,47,55)/t36-,37-,39-,40-,41+,42+,43+,44+,45?,46+/m1/s1/i2D,5D,7D. The van der Waals surface area contributed by atoms with Crippen LogP contribution >= 0.6 is 0 Å². The fourth-order valence-corrected chi connectivity index (χ4v) is 7.77. The van der Waals surface area contributed by atoms with Gasteiger partial charge in [-0.2, -0.15) is 0 Å². The van der Waals surface area contributed by atoms with Crippen molar-refractivity contribution < 1.29 is 89.8 Å². The molecule has 372 valence electrons. The molecule has 2 aliphatic heterocycles. The van der Waals surface area contributed by atoms with Gasteiger partial charge in [-0.15, -0.1) is 0 Å². The lowest BCUT2D eigenvalue weighted by molar-refractivity contribution is -0.345. The smallest absolute Gasteiger partial charge is 0.303 e. The third-order valence-corrected chi connectivity index (χ3v) is 10.6. The summed E-state index contributed by atoms with van der Waals surface area (Å²) < 4.78 is 79.4. The highest BCUT2D eigenvalue weighted by Crippen LogP contribution is 2.35. The summed E-state index contributed by atoms with van der Waals surface area (Å²) in [5.41, 5.74) is 0. The van der Waals surface area contributed by atoms with Crippen LogP contribution in [0.15, 0.2) is 0 Å². The molecule has 2 heterocycles. The van der Waals surface area contributed by atoms with Crippen molar-refractivity contribution in [2.75, 3.05) is 13.2 Å². The van der Waals surface area contributed by atoms with E-state index in [2.05, 4.69) is 12.2 Å². The second kappa shape index (κ2) is 31.5. The maximum Gasteiger partial charge on any atom is 0.303 e. The van der Waals surface area contributed by atoms with Crippen molar-refractivity contribution in [3.63, 3.8) is 0 Å². The Morgan fingerprint density at radius 1 is 0.446 bits per heavy atom. The molecule has 2 fully saturated rings. The number of rotatable bonds is 30. The molecule has 10 atom stereocenters. The van der Waals surface area contributed by atoms with Gasteiger partial charge >= 0.3 is 41.8 Å². The molecule has 2 saturated heterocycles. The van der Waals surface area contributed by atoms with E-state index in [0.29, 0.717) is 6.42 Å². The van der Waals surface area contributed by atoms with E-state index in [4.69, 9.17) is 51.5 Å². The van der Waals surface area contributed by atoms with Crippen molar-refractivity contribution in [1.82, 2.24) is 5.32 Å². The summed E-state index contributed by atoms with van der Waals surface area (Å²) in [7, 11) is 0. The number of carbonyl (C=O) groups is 8. The molecule has 2 rings (SSSR count). The minimum Gasteiger partial charge on any atom is -0.463 e. The highest BCUT2D eigenvalue weighted by atomic mass is 16.8. The molecule has 2 aliphatic rings. The molecule has 0 saturated carbocycles. The lowest BCUT2D eigenvalue weighted by Gasteiger charge is -2.48. The number of hydrogen-bond acceptors (Lipinski definition) is 18. The first kappa shape index (κ1) is 51.6. The lowest BCUT2D eigenvalue weighted by atomic mass is 9.95. The first-order valence-electron chi connectivity index (χ1n) is 25.0. The third kappa shape index (κ3) is 23.1. The summed E-state index contributed by atoms with van der Waals surface area (Å²) in [6.07, 6.45) is 2.34. The van der Waals surface area contributed by atoms with E-state index >= 15 is 0 Å². The monoisotopic (exact) mass is 933 g/mol. The maximum atomic E-state index is 13.5. The molecule has 0 aliphatic carbocycles. The normalized spacial score (nSPS) is 25.6. The van der Waals surface area contributed by atoms with Gasteiger partial charge < -0.3 is 52.7 Å². The van der Waals surface area contributed by atoms with Crippen LogP contribution in [0.2, 0.25) is 0 Å². The molecule has 0 bridgehead atoms. The molecule has 19 nitrogen and oxygen atoms in total. The number of amides is 1. The quantitative estimate of drug-likeness (QED) is 0.0511. The maximum absolute atomic E-state index is 13.5. The fraction of sp³-hybridized carbons (Fsp3) is 0.826. The van der Waals surface area contributed by atoms with Gasteiger partial charge in [-0.3, -0.25) is 38.4 Å². The number of unbranched alkanes of at least 4 members (excludes halogenated alkanes) is 16. The van der Waals surface area contributed by atoms with E-state index in [9.17, 15) is 38.4 Å². The Bertz CT molecular complexity index is 1570. The van der Waals surface area contributed by atoms with Gasteiger partial charge in [0, 0.05) is 58.9 Å². The predicted octanol–water partition coefficient (Wildman–Crippen LogP) is 5.76. The van der Waals surface area contributed by atoms with E-state index < -0.39 is 143 Å². The van der Waals surface area contributed by atoms with Gasteiger partial charge in [-0.25, -0.2) is 0 Å². The number of hydrogen-bond donors (Lipinski definition) is 1. The van der Waals surface area contributed by atoms with Crippen molar-refractivity contribution >= 4 is 47.7 Å². The van der Waals surface area contributed by atoms with Crippen LogP contribution in [0.3, 0.4) is 0 Å². The van der Waals surface area contributed by atoms with Gasteiger partial charge in [0.25, 0.3) is 0 Å². The van der Waals surface area contributed by atoms with Crippen LogP contribution in [-0.2, 0) is 85.7 Å². The van der Waals surface area contributed by atoms with Crippen LogP contribution < -0.4 is 5.32 Å². The largest absolute Gasteiger partial charge is 0.463 e. The Balaban J connectivity index is 2.33. The van der Waals surface area contributed by atoms with Crippen molar-refractivity contribution in [2.45, 2.75) is 232 Å². The molecular weight excluding hydrogens is 854 g/mol. The van der Waals surface area contributed by atoms with E-state index in [0.717, 1.165) is 59.8 Å². The molecule has 0 aromatic heterocycles. The van der Waals surface area contributed by atoms with Crippen molar-refractivity contribution in [2.24, 2.45) is 0 Å². The lowest BCUT2D eigenvalue weighted by Crippen LogP contribution is -2.68. The van der Waals surface area contributed by atoms with E-state index in [1.165, 1.54) is 70.6 Å². The zero-order chi connectivity index (χ0) is 50.4. The Labute approximate surface area is 387 Å². The zero-order valence-corrected chi connectivity index (χ0v) is 38.9. The fourth-order valence-electron chi connectivity index (χ4n) is 7.77. The number of ether oxygens (including phenoxy) is 10. The van der Waals surface area contributed by atoms with Crippen molar-refractivity contribution in [1.29, 1.82) is 0 Å². The molecule has 0 radical (unpaired) electrons. The molecule has 1 N–H and O–H groups in total. The average molecular weight is 933 g/mol. The summed E-state index contributed by atoms with van der Waals surface area (Å²) in [6, 6.07) is 0. The molecule has 1 amide bonds. The first-order valence-corrected chi connectivity index (χ1v) is 22.9. The zero-order valence-electron chi connectivity index (χ0n) is 41.9. The Hall–Kier alpha value is -4.36. The summed E-state index contributed by atoms with van der Waals surface area (Å²) in [5, 5.41) is 2.63. The molecule has 0 aromatic carbocycles. The minimum absolute atomic E-state index is 0.0118. The van der Waals surface area contributed by atoms with Crippen molar-refractivity contribution in [3.8, 4) is 0 Å². The first-order chi connectivity index (χ1) is 32.5. The van der Waals surface area contributed by atoms with Crippen LogP contribution in [0.25, 0.3) is 0 Å². The average Bonchev–Trinajstić information content (AvgIpc) is 3.28. The topological polar surface area (TPSA) is 241 Å². The molecule has 65 heavy (non-hydrogen) atoms. The second-order valence-corrected chi connectivity index (χ2v) is 16.3. The van der Waals surface area contributed by atoms with Crippen LogP contribution in [0, 0.1) is 0 Å². The minimum atomic E-state index is -1.94. The van der Waals surface area contributed by atoms with Crippen molar-refractivity contribution in [3.05, 3.63) is 0 Å². The van der Waals surface area contributed by atoms with Crippen LogP contribution in [0.1, 0.15) is 175 Å². The number of carbonyl (C=O) groups excluding carboxylic acids is 8. The predicted molar refractivity (Wildman–Crippen MR) is 230 cm³/mol. The summed E-state index contributed by atoms with van der Waals surface area (Å²) in [5.74, 6) is -7.59. The molecule has 1 unspecified atom stereocenters. The molecule has 0 aromatic rings. The van der Waals surface area contributed by atoms with Crippen LogP contribution in [0.4, 0.5) is 0 Å². The summed E-state index contributed by atoms with van der Waals surface area (Å²) >= 11 is 0. The Morgan fingerprint density at radius 2 is 0.846 bits per heavy atom. The van der Waals surface area contributed by atoms with E-state index in [1.54, 1.807) is 0 Å². The van der Waals surface area contributed by atoms with Gasteiger partial charge in [0.1, 0.15) is 31.5 Å². The number of nitrogens with one attached hydrogen (secondary N) is 1. The molecule has 0 spiro atoms. The van der Waals surface area contributed by atoms with E-state index in [-0.39, 0.29) is 6.42 Å². The summed E-state index contributed by atoms with van der Waals surface area (Å²) in [4.78, 5) is 101. The second-order valence-electron chi connectivity index (χ2n) is 16.3. The molecular formula is C46H75NO18. The van der Waals surface area contributed by atoms with Gasteiger partial charge in [0.2, 0.25) is 5.91 Å². The number of esters is 7. The van der Waals surface area contributed by atoms with Gasteiger partial charge in [-0.1, -0.05) is 110 Å². The molecule has 19 heteroatoms. The van der Waals surface area contributed by atoms with Crippen LogP contribution in [0.5, 0.6) is 0 Å². The van der Waals surface area contributed by atoms with Gasteiger partial charge in [0.15, 0.2) is 43.0 Å². The highest BCUT2D eigenvalue weighted by Gasteiger charge is 2.57. The SMILES string of the molecule is [2H]CC(=O)OC[C@H]1OC(NC(=O)CCCCCCCCCCCCCCCCCCC)[C@@H](OC(=O)C[2H])[C@@H](OC(=O)C[2H])[C@@H]1O[C@@H]1O[C@H](COC(C)=O)[C@@H](OC(C)=O)[C@H](OC(C)=O)[C@@H]1OC(C)=O. The van der Waals surface area contributed by atoms with Gasteiger partial charge in [-0.05, 0) is 6.42 Å². The van der Waals surface area contributed by atoms with Crippen LogP contribution in [-0.4, -0.2) is 122 Å². The van der Waals surface area contributed by atoms with Gasteiger partial charge in [0.05, 0.1) is 0 Å². The highest BCUT2D eigenvalue weighted by molar-refractivity contribution is 5.76. The Morgan fingerprint density at radius 3 is 1.32 bits per heavy atom. The Kier molecular flexibility index (Phi) is 25.0. The third-order valence-electron chi connectivity index (χ3n) is 10.6. The summed E-state index contributed by atoms with van der Waals surface area (Å²) in [6.45, 7) is 2.18. The van der Waals surface area contributed by atoms with E-state index in [1.807, 2.05) is 0 Å².